The van der Waals surface area contributed by atoms with Gasteiger partial charge in [-0.1, -0.05) is 12.1 Å². The van der Waals surface area contributed by atoms with Crippen LogP contribution in [0.4, 0.5) is 5.69 Å². The molecule has 0 spiro atoms. The Morgan fingerprint density at radius 2 is 1.93 bits per heavy atom. The number of carbonyl (C=O) groups excluding carboxylic acids is 3. The summed E-state index contributed by atoms with van der Waals surface area (Å²) in [5.74, 6) is -0.619. The van der Waals surface area contributed by atoms with Gasteiger partial charge in [-0.15, -0.1) is 0 Å². The molecule has 0 aliphatic carbocycles. The predicted octanol–water partition coefficient (Wildman–Crippen LogP) is 2.54. The summed E-state index contributed by atoms with van der Waals surface area (Å²) in [5, 5.41) is 2.66. The first kappa shape index (κ1) is 19.8. The molecule has 8 heteroatoms. The second-order valence-corrected chi connectivity index (χ2v) is 6.03. The van der Waals surface area contributed by atoms with E-state index in [1.807, 2.05) is 0 Å². The minimum absolute atomic E-state index is 0.135. The third-order valence-corrected chi connectivity index (χ3v) is 3.82. The van der Waals surface area contributed by atoms with E-state index < -0.39 is 11.9 Å². The van der Waals surface area contributed by atoms with Crippen LogP contribution < -0.4 is 10.1 Å². The molecule has 8 nitrogen and oxygen atoms in total. The lowest BCUT2D eigenvalue weighted by molar-refractivity contribution is -0.143. The van der Waals surface area contributed by atoms with Gasteiger partial charge in [0.05, 0.1) is 7.11 Å². The molecule has 0 saturated carbocycles. The van der Waals surface area contributed by atoms with Gasteiger partial charge in [0.2, 0.25) is 11.8 Å². The minimum Gasteiger partial charge on any atom is -0.482 e. The van der Waals surface area contributed by atoms with Crippen molar-refractivity contribution < 1.29 is 28.6 Å². The summed E-state index contributed by atoms with van der Waals surface area (Å²) in [7, 11) is 1.28. The Kier molecular flexibility index (Phi) is 6.03. The lowest BCUT2D eigenvalue weighted by Crippen LogP contribution is -2.12. The Hall–Kier alpha value is -3.94. The van der Waals surface area contributed by atoms with E-state index in [1.165, 1.54) is 14.0 Å². The second-order valence-electron chi connectivity index (χ2n) is 6.03. The molecule has 29 heavy (non-hydrogen) atoms. The van der Waals surface area contributed by atoms with Crippen molar-refractivity contribution in [2.45, 2.75) is 6.92 Å². The molecule has 1 heterocycles. The molecule has 0 aromatic heterocycles. The van der Waals surface area contributed by atoms with E-state index in [0.717, 1.165) is 0 Å². The van der Waals surface area contributed by atoms with Gasteiger partial charge in [0.25, 0.3) is 0 Å². The molecule has 0 radical (unpaired) electrons. The van der Waals surface area contributed by atoms with Crippen LogP contribution in [0.1, 0.15) is 18.1 Å². The van der Waals surface area contributed by atoms with Crippen LogP contribution in [0, 0.1) is 0 Å². The summed E-state index contributed by atoms with van der Waals surface area (Å²) in [6.45, 7) is 1.21. The number of rotatable bonds is 6. The fourth-order valence-electron chi connectivity index (χ4n) is 2.49. The maximum Gasteiger partial charge on any atom is 0.363 e. The van der Waals surface area contributed by atoms with Gasteiger partial charge in [-0.25, -0.2) is 14.6 Å². The number of hydrogen-bond donors (Lipinski definition) is 1. The number of hydrogen-bond acceptors (Lipinski definition) is 7. The Balaban J connectivity index is 1.76. The lowest BCUT2D eigenvalue weighted by atomic mass is 10.2. The topological polar surface area (TPSA) is 103 Å². The van der Waals surface area contributed by atoms with Crippen molar-refractivity contribution in [2.75, 3.05) is 19.0 Å². The summed E-state index contributed by atoms with van der Waals surface area (Å²) in [6.07, 6.45) is 1.56. The largest absolute Gasteiger partial charge is 0.482 e. The molecule has 1 N–H and O–H groups in total. The summed E-state index contributed by atoms with van der Waals surface area (Å²) >= 11 is 0. The zero-order chi connectivity index (χ0) is 20.8. The monoisotopic (exact) mass is 394 g/mol. The normalized spacial score (nSPS) is 14.2. The standard InChI is InChI=1S/C21H18N2O6/c1-13(24)22-16-8-6-15(7-9-16)20-23-18(21(26)29-20)11-14-4-3-5-17(10-14)28-12-19(25)27-2/h3-11H,12H2,1-2H3,(H,22,24)/b18-11-. The number of ether oxygens (including phenoxy) is 3. The van der Waals surface area contributed by atoms with Gasteiger partial charge in [0.1, 0.15) is 5.75 Å². The maximum atomic E-state index is 12.2. The number of esters is 2. The first-order valence-electron chi connectivity index (χ1n) is 8.65. The van der Waals surface area contributed by atoms with Crippen molar-refractivity contribution in [1.82, 2.24) is 0 Å². The van der Waals surface area contributed by atoms with Crippen molar-refractivity contribution in [1.29, 1.82) is 0 Å². The SMILES string of the molecule is COC(=O)COc1cccc(/C=C2\N=C(c3ccc(NC(C)=O)cc3)OC2=O)c1. The van der Waals surface area contributed by atoms with E-state index in [-0.39, 0.29) is 24.1 Å². The van der Waals surface area contributed by atoms with Crippen LogP contribution in [0.15, 0.2) is 59.2 Å². The number of nitrogens with zero attached hydrogens (tertiary/aromatic N) is 1. The Morgan fingerprint density at radius 1 is 1.17 bits per heavy atom. The van der Waals surface area contributed by atoms with Gasteiger partial charge in [-0.3, -0.25) is 4.79 Å². The van der Waals surface area contributed by atoms with Crippen molar-refractivity contribution in [3.8, 4) is 5.75 Å². The van der Waals surface area contributed by atoms with Gasteiger partial charge >= 0.3 is 11.9 Å². The van der Waals surface area contributed by atoms with E-state index in [0.29, 0.717) is 22.6 Å². The van der Waals surface area contributed by atoms with Gasteiger partial charge in [-0.05, 0) is 48.0 Å². The number of nitrogens with one attached hydrogen (secondary N) is 1. The Labute approximate surface area is 166 Å². The molecule has 0 unspecified atom stereocenters. The highest BCUT2D eigenvalue weighted by molar-refractivity contribution is 6.13. The van der Waals surface area contributed by atoms with E-state index in [1.54, 1.807) is 54.6 Å². The molecule has 0 saturated heterocycles. The zero-order valence-corrected chi connectivity index (χ0v) is 15.8. The van der Waals surface area contributed by atoms with Crippen LogP contribution in [-0.2, 0) is 23.9 Å². The summed E-state index contributed by atoms with van der Waals surface area (Å²) in [4.78, 5) is 38.7. The van der Waals surface area contributed by atoms with Crippen molar-refractivity contribution in [3.63, 3.8) is 0 Å². The molecule has 3 rings (SSSR count). The summed E-state index contributed by atoms with van der Waals surface area (Å²) < 4.78 is 15.1. The third-order valence-electron chi connectivity index (χ3n) is 3.82. The first-order chi connectivity index (χ1) is 13.9. The highest BCUT2D eigenvalue weighted by Crippen LogP contribution is 2.22. The zero-order valence-electron chi connectivity index (χ0n) is 15.8. The molecule has 0 bridgehead atoms. The quantitative estimate of drug-likeness (QED) is 0.597. The number of benzene rings is 2. The number of carbonyl (C=O) groups is 3. The average Bonchev–Trinajstić information content (AvgIpc) is 3.07. The van der Waals surface area contributed by atoms with Crippen LogP contribution in [0.5, 0.6) is 5.75 Å². The van der Waals surface area contributed by atoms with Gasteiger partial charge in [0.15, 0.2) is 12.3 Å². The van der Waals surface area contributed by atoms with Crippen LogP contribution >= 0.6 is 0 Å². The fraction of sp³-hybridized carbons (Fsp3) is 0.143. The third kappa shape index (κ3) is 5.29. The van der Waals surface area contributed by atoms with Crippen LogP contribution in [0.2, 0.25) is 0 Å². The molecular formula is C21H18N2O6. The van der Waals surface area contributed by atoms with Crippen LogP contribution in [-0.4, -0.2) is 37.5 Å². The number of anilines is 1. The smallest absolute Gasteiger partial charge is 0.363 e. The van der Waals surface area contributed by atoms with Crippen LogP contribution in [0.25, 0.3) is 6.08 Å². The number of methoxy groups -OCH3 is 1. The van der Waals surface area contributed by atoms with Crippen molar-refractivity contribution in [2.24, 2.45) is 4.99 Å². The maximum absolute atomic E-state index is 12.2. The van der Waals surface area contributed by atoms with Crippen LogP contribution in [0.3, 0.4) is 0 Å². The molecule has 1 aliphatic heterocycles. The molecule has 1 aliphatic rings. The first-order valence-corrected chi connectivity index (χ1v) is 8.65. The summed E-state index contributed by atoms with van der Waals surface area (Å²) in [6, 6.07) is 13.6. The highest BCUT2D eigenvalue weighted by atomic mass is 16.6. The second kappa shape index (κ2) is 8.83. The average molecular weight is 394 g/mol. The van der Waals surface area contributed by atoms with Gasteiger partial charge in [-0.2, -0.15) is 0 Å². The number of cyclic esters (lactones) is 1. The van der Waals surface area contributed by atoms with Gasteiger partial charge < -0.3 is 19.5 Å². The molecular weight excluding hydrogens is 376 g/mol. The number of aliphatic imine (C=N–C) groups is 1. The van der Waals surface area contributed by atoms with E-state index in [2.05, 4.69) is 15.0 Å². The van der Waals surface area contributed by atoms with E-state index in [4.69, 9.17) is 9.47 Å². The Morgan fingerprint density at radius 3 is 2.62 bits per heavy atom. The van der Waals surface area contributed by atoms with Crippen molar-refractivity contribution in [3.05, 3.63) is 65.4 Å². The predicted molar refractivity (Wildman–Crippen MR) is 105 cm³/mol. The van der Waals surface area contributed by atoms with Crippen molar-refractivity contribution >= 4 is 35.5 Å². The molecule has 148 valence electrons. The van der Waals surface area contributed by atoms with E-state index >= 15 is 0 Å². The molecule has 1 amide bonds. The van der Waals surface area contributed by atoms with E-state index in [9.17, 15) is 14.4 Å². The molecule has 0 atom stereocenters. The lowest BCUT2D eigenvalue weighted by Gasteiger charge is -2.05. The number of amides is 1. The van der Waals surface area contributed by atoms with Gasteiger partial charge in [0, 0.05) is 18.2 Å². The molecule has 0 fully saturated rings. The summed E-state index contributed by atoms with van der Waals surface area (Å²) in [5.41, 5.74) is 2.03. The molecule has 2 aromatic carbocycles. The minimum atomic E-state index is -0.577. The fourth-order valence-corrected chi connectivity index (χ4v) is 2.49. The highest BCUT2D eigenvalue weighted by Gasteiger charge is 2.24. The molecule has 2 aromatic rings. The Bertz CT molecular complexity index is 1010.